The highest BCUT2D eigenvalue weighted by molar-refractivity contribution is 7.99. The van der Waals surface area contributed by atoms with Crippen LogP contribution in [0.15, 0.2) is 54.2 Å². The number of anilines is 1. The van der Waals surface area contributed by atoms with Gasteiger partial charge in [0.15, 0.2) is 11.0 Å². The van der Waals surface area contributed by atoms with E-state index in [0.29, 0.717) is 34.0 Å². The maximum absolute atomic E-state index is 12.5. The molecule has 0 spiro atoms. The zero-order valence-electron chi connectivity index (χ0n) is 17.1. The lowest BCUT2D eigenvalue weighted by Crippen LogP contribution is -2.16. The standard InChI is InChI=1S/C22H23ClN4O2S/c1-5-10-27-21(16-8-6-7-9-18(16)29-4)25-26-22(27)30-13-19(28)24-20-15(3)11-14(2)12-17(20)23/h5-9,11-12H,1,10,13H2,2-4H3,(H,24,28). The van der Waals surface area contributed by atoms with Crippen LogP contribution in [0.2, 0.25) is 5.02 Å². The molecule has 0 aliphatic rings. The van der Waals surface area contributed by atoms with Crippen molar-refractivity contribution in [2.24, 2.45) is 0 Å². The van der Waals surface area contributed by atoms with Gasteiger partial charge in [0.2, 0.25) is 5.91 Å². The van der Waals surface area contributed by atoms with Crippen molar-refractivity contribution in [3.05, 3.63) is 65.2 Å². The van der Waals surface area contributed by atoms with Crippen molar-refractivity contribution in [1.82, 2.24) is 14.8 Å². The number of allylic oxidation sites excluding steroid dienone is 1. The summed E-state index contributed by atoms with van der Waals surface area (Å²) in [6, 6.07) is 11.4. The molecule has 3 aromatic rings. The number of nitrogens with one attached hydrogen (secondary N) is 1. The first-order chi connectivity index (χ1) is 14.4. The first-order valence-corrected chi connectivity index (χ1v) is 10.7. The Hall–Kier alpha value is -2.77. The first kappa shape index (κ1) is 21.9. The van der Waals surface area contributed by atoms with Gasteiger partial charge in [-0.3, -0.25) is 9.36 Å². The summed E-state index contributed by atoms with van der Waals surface area (Å²) in [4.78, 5) is 12.5. The molecule has 156 valence electrons. The van der Waals surface area contributed by atoms with E-state index in [1.807, 2.05) is 54.8 Å². The topological polar surface area (TPSA) is 69.0 Å². The van der Waals surface area contributed by atoms with E-state index in [9.17, 15) is 4.79 Å². The van der Waals surface area contributed by atoms with Gasteiger partial charge in [-0.1, -0.05) is 47.6 Å². The summed E-state index contributed by atoms with van der Waals surface area (Å²) in [5.41, 5.74) is 3.43. The highest BCUT2D eigenvalue weighted by Gasteiger charge is 2.18. The second-order valence-electron chi connectivity index (χ2n) is 6.68. The van der Waals surface area contributed by atoms with Crippen LogP contribution in [0.25, 0.3) is 11.4 Å². The lowest BCUT2D eigenvalue weighted by atomic mass is 10.1. The Morgan fingerprint density at radius 3 is 2.77 bits per heavy atom. The molecular weight excluding hydrogens is 420 g/mol. The van der Waals surface area contributed by atoms with Crippen molar-refractivity contribution in [2.45, 2.75) is 25.5 Å². The van der Waals surface area contributed by atoms with Crippen molar-refractivity contribution < 1.29 is 9.53 Å². The van der Waals surface area contributed by atoms with Gasteiger partial charge in [0.1, 0.15) is 5.75 Å². The van der Waals surface area contributed by atoms with Gasteiger partial charge in [0.25, 0.3) is 0 Å². The van der Waals surface area contributed by atoms with Gasteiger partial charge in [-0.15, -0.1) is 16.8 Å². The van der Waals surface area contributed by atoms with Gasteiger partial charge in [-0.05, 0) is 43.2 Å². The molecule has 1 N–H and O–H groups in total. The number of carbonyl (C=O) groups is 1. The summed E-state index contributed by atoms with van der Waals surface area (Å²) in [7, 11) is 1.62. The summed E-state index contributed by atoms with van der Waals surface area (Å²) < 4.78 is 7.36. The molecule has 0 aliphatic carbocycles. The number of amides is 1. The fourth-order valence-electron chi connectivity index (χ4n) is 3.10. The molecule has 1 aromatic heterocycles. The Morgan fingerprint density at radius 1 is 1.30 bits per heavy atom. The van der Waals surface area contributed by atoms with Gasteiger partial charge >= 0.3 is 0 Å². The van der Waals surface area contributed by atoms with E-state index in [0.717, 1.165) is 16.7 Å². The Kier molecular flexibility index (Phi) is 7.18. The minimum atomic E-state index is -0.166. The summed E-state index contributed by atoms with van der Waals surface area (Å²) in [5, 5.41) is 12.6. The van der Waals surface area contributed by atoms with E-state index < -0.39 is 0 Å². The predicted octanol–water partition coefficient (Wildman–Crippen LogP) is 5.14. The zero-order chi connectivity index (χ0) is 21.7. The van der Waals surface area contributed by atoms with Crippen LogP contribution in [-0.4, -0.2) is 33.5 Å². The Balaban J connectivity index is 1.78. The molecule has 1 heterocycles. The van der Waals surface area contributed by atoms with Crippen molar-refractivity contribution in [2.75, 3.05) is 18.2 Å². The minimum Gasteiger partial charge on any atom is -0.496 e. The molecule has 0 aliphatic heterocycles. The molecule has 0 saturated carbocycles. The van der Waals surface area contributed by atoms with Gasteiger partial charge in [0, 0.05) is 6.54 Å². The maximum atomic E-state index is 12.5. The largest absolute Gasteiger partial charge is 0.496 e. The number of para-hydroxylation sites is 1. The van der Waals surface area contributed by atoms with Crippen LogP contribution >= 0.6 is 23.4 Å². The molecule has 0 saturated heterocycles. The lowest BCUT2D eigenvalue weighted by molar-refractivity contribution is -0.113. The molecule has 30 heavy (non-hydrogen) atoms. The van der Waals surface area contributed by atoms with E-state index in [1.165, 1.54) is 11.8 Å². The maximum Gasteiger partial charge on any atom is 0.234 e. The normalized spacial score (nSPS) is 10.7. The van der Waals surface area contributed by atoms with E-state index in [4.69, 9.17) is 16.3 Å². The predicted molar refractivity (Wildman–Crippen MR) is 122 cm³/mol. The number of rotatable bonds is 8. The average molecular weight is 443 g/mol. The second-order valence-corrected chi connectivity index (χ2v) is 8.03. The number of hydrogen-bond acceptors (Lipinski definition) is 5. The van der Waals surface area contributed by atoms with Crippen LogP contribution in [0.5, 0.6) is 5.75 Å². The summed E-state index contributed by atoms with van der Waals surface area (Å²) >= 11 is 7.60. The van der Waals surface area contributed by atoms with E-state index in [1.54, 1.807) is 13.2 Å². The van der Waals surface area contributed by atoms with Crippen molar-refractivity contribution in [3.8, 4) is 17.1 Å². The second kappa shape index (κ2) is 9.82. The summed E-state index contributed by atoms with van der Waals surface area (Å²) in [6.07, 6.45) is 1.77. The smallest absolute Gasteiger partial charge is 0.234 e. The van der Waals surface area contributed by atoms with Crippen molar-refractivity contribution in [3.63, 3.8) is 0 Å². The molecule has 3 rings (SSSR count). The number of thioether (sulfide) groups is 1. The SMILES string of the molecule is C=CCn1c(SCC(=O)Nc2c(C)cc(C)cc2Cl)nnc1-c1ccccc1OC. The highest BCUT2D eigenvalue weighted by Crippen LogP contribution is 2.31. The minimum absolute atomic E-state index is 0.166. The van der Waals surface area contributed by atoms with Crippen LogP contribution in [0.1, 0.15) is 11.1 Å². The summed E-state index contributed by atoms with van der Waals surface area (Å²) in [6.45, 7) is 8.21. The molecule has 8 heteroatoms. The zero-order valence-corrected chi connectivity index (χ0v) is 18.7. The van der Waals surface area contributed by atoms with Crippen LogP contribution < -0.4 is 10.1 Å². The van der Waals surface area contributed by atoms with E-state index in [2.05, 4.69) is 22.1 Å². The number of nitrogens with zero attached hydrogens (tertiary/aromatic N) is 3. The Labute approximate surface area is 185 Å². The first-order valence-electron chi connectivity index (χ1n) is 9.31. The molecule has 6 nitrogen and oxygen atoms in total. The number of ether oxygens (including phenoxy) is 1. The number of aromatic nitrogens is 3. The molecular formula is C22H23ClN4O2S. The van der Waals surface area contributed by atoms with Gasteiger partial charge < -0.3 is 10.1 Å². The molecule has 0 bridgehead atoms. The molecule has 0 atom stereocenters. The fourth-order valence-corrected chi connectivity index (χ4v) is 4.21. The molecule has 0 fully saturated rings. The number of aryl methyl sites for hydroxylation is 2. The van der Waals surface area contributed by atoms with Crippen LogP contribution in [0.3, 0.4) is 0 Å². The number of halogens is 1. The number of carbonyl (C=O) groups excluding carboxylic acids is 1. The summed E-state index contributed by atoms with van der Waals surface area (Å²) in [5.74, 6) is 1.37. The van der Waals surface area contributed by atoms with Gasteiger partial charge in [-0.25, -0.2) is 0 Å². The quantitative estimate of drug-likeness (QED) is 0.386. The fraction of sp³-hybridized carbons (Fsp3) is 0.227. The third-order valence-electron chi connectivity index (χ3n) is 4.40. The average Bonchev–Trinajstić information content (AvgIpc) is 3.11. The van der Waals surface area contributed by atoms with E-state index >= 15 is 0 Å². The third-order valence-corrected chi connectivity index (χ3v) is 5.67. The highest BCUT2D eigenvalue weighted by atomic mass is 35.5. The molecule has 0 radical (unpaired) electrons. The molecule has 0 unspecified atom stereocenters. The van der Waals surface area contributed by atoms with Crippen LogP contribution in [0, 0.1) is 13.8 Å². The monoisotopic (exact) mass is 442 g/mol. The van der Waals surface area contributed by atoms with Crippen molar-refractivity contribution >= 4 is 35.0 Å². The van der Waals surface area contributed by atoms with Crippen LogP contribution in [0.4, 0.5) is 5.69 Å². The number of benzene rings is 2. The van der Waals surface area contributed by atoms with Crippen LogP contribution in [-0.2, 0) is 11.3 Å². The van der Waals surface area contributed by atoms with Crippen molar-refractivity contribution in [1.29, 1.82) is 0 Å². The number of hydrogen-bond donors (Lipinski definition) is 1. The van der Waals surface area contributed by atoms with Gasteiger partial charge in [-0.2, -0.15) is 0 Å². The third kappa shape index (κ3) is 4.86. The molecule has 1 amide bonds. The van der Waals surface area contributed by atoms with E-state index in [-0.39, 0.29) is 11.7 Å². The Bertz CT molecular complexity index is 1060. The molecule has 2 aromatic carbocycles. The van der Waals surface area contributed by atoms with Gasteiger partial charge in [0.05, 0.1) is 29.1 Å². The number of methoxy groups -OCH3 is 1. The lowest BCUT2D eigenvalue weighted by Gasteiger charge is -2.12. The Morgan fingerprint density at radius 2 is 2.07 bits per heavy atom.